The van der Waals surface area contributed by atoms with Crippen LogP contribution in [0.4, 0.5) is 4.39 Å². The molecule has 1 fully saturated rings. The molecule has 190 valence electrons. The number of amides is 2. The van der Waals surface area contributed by atoms with Crippen LogP contribution in [0.25, 0.3) is 10.8 Å². The van der Waals surface area contributed by atoms with E-state index >= 15 is 0 Å². The minimum Gasteiger partial charge on any atom is -0.382 e. The van der Waals surface area contributed by atoms with E-state index < -0.39 is 18.0 Å². The van der Waals surface area contributed by atoms with Crippen LogP contribution in [0.15, 0.2) is 66.7 Å². The first-order valence-corrected chi connectivity index (χ1v) is 12.2. The van der Waals surface area contributed by atoms with Crippen molar-refractivity contribution >= 4 is 22.6 Å². The van der Waals surface area contributed by atoms with Crippen LogP contribution in [0.5, 0.6) is 0 Å². The maximum atomic E-state index is 13.2. The van der Waals surface area contributed by atoms with Gasteiger partial charge in [0.25, 0.3) is 0 Å². The lowest BCUT2D eigenvalue weighted by Crippen LogP contribution is -2.63. The number of rotatable bonds is 9. The van der Waals surface area contributed by atoms with Crippen molar-refractivity contribution in [1.29, 1.82) is 0 Å². The Morgan fingerprint density at radius 3 is 2.39 bits per heavy atom. The Morgan fingerprint density at radius 2 is 1.69 bits per heavy atom. The monoisotopic (exact) mass is 492 g/mol. The van der Waals surface area contributed by atoms with Gasteiger partial charge in [0.05, 0.1) is 24.7 Å². The molecule has 7 nitrogen and oxygen atoms in total. The Hall–Kier alpha value is -3.33. The van der Waals surface area contributed by atoms with Crippen LogP contribution in [-0.2, 0) is 27.2 Å². The highest BCUT2D eigenvalue weighted by atomic mass is 19.1. The Bertz CT molecular complexity index is 1200. The van der Waals surface area contributed by atoms with Crippen molar-refractivity contribution in [3.05, 3.63) is 83.7 Å². The van der Waals surface area contributed by atoms with Gasteiger partial charge in [0.2, 0.25) is 11.8 Å². The minimum absolute atomic E-state index is 0.189. The molecule has 0 spiro atoms. The van der Waals surface area contributed by atoms with Crippen LogP contribution in [0, 0.1) is 5.82 Å². The number of halogens is 1. The average Bonchev–Trinajstić information content (AvgIpc) is 2.88. The topological polar surface area (TPSA) is 102 Å². The molecule has 1 heterocycles. The molecule has 0 aromatic heterocycles. The number of fused-ring (bicyclic) bond motifs is 1. The van der Waals surface area contributed by atoms with Gasteiger partial charge in [-0.2, -0.15) is 0 Å². The predicted molar refractivity (Wildman–Crippen MR) is 138 cm³/mol. The molecule has 0 unspecified atom stereocenters. The van der Waals surface area contributed by atoms with Gasteiger partial charge in [-0.15, -0.1) is 0 Å². The zero-order valence-corrected chi connectivity index (χ0v) is 20.5. The van der Waals surface area contributed by atoms with E-state index in [0.717, 1.165) is 21.9 Å². The molecule has 3 atom stereocenters. The van der Waals surface area contributed by atoms with Gasteiger partial charge in [-0.3, -0.25) is 14.5 Å². The quantitative estimate of drug-likeness (QED) is 0.476. The molecule has 3 aromatic rings. The molecule has 4 N–H and O–H groups in total. The molecule has 36 heavy (non-hydrogen) atoms. The molecule has 1 saturated heterocycles. The number of benzene rings is 3. The van der Waals surface area contributed by atoms with Crippen LogP contribution in [0.2, 0.25) is 0 Å². The summed E-state index contributed by atoms with van der Waals surface area (Å²) in [4.78, 5) is 29.5. The van der Waals surface area contributed by atoms with Crippen molar-refractivity contribution in [3.8, 4) is 0 Å². The standard InChI is InChI=1S/C28H33FN4O3/c1-36-18-24-17-32(12-13-33(24)28(35)25(30)15-19-7-10-23(29)11-8-19)26(27(31)34)16-20-6-9-21-4-2-3-5-22(21)14-20/h2-11,14,24-26H,12-13,15-18,30H2,1H3,(H2,31,34)/t24-,25-,26+/m1/s1. The lowest BCUT2D eigenvalue weighted by molar-refractivity contribution is -0.140. The number of primary amides is 1. The third-order valence-electron chi connectivity index (χ3n) is 6.85. The molecule has 0 aliphatic carbocycles. The summed E-state index contributed by atoms with van der Waals surface area (Å²) in [5.41, 5.74) is 13.9. The lowest BCUT2D eigenvalue weighted by Gasteiger charge is -2.44. The lowest BCUT2D eigenvalue weighted by atomic mass is 9.98. The van der Waals surface area contributed by atoms with Gasteiger partial charge in [-0.05, 0) is 46.9 Å². The highest BCUT2D eigenvalue weighted by Gasteiger charge is 2.36. The molecule has 0 bridgehead atoms. The number of nitrogens with zero attached hydrogens (tertiary/aromatic N) is 2. The van der Waals surface area contributed by atoms with E-state index in [2.05, 4.69) is 18.2 Å². The summed E-state index contributed by atoms with van der Waals surface area (Å²) in [5, 5.41) is 2.25. The van der Waals surface area contributed by atoms with Crippen LogP contribution < -0.4 is 11.5 Å². The van der Waals surface area contributed by atoms with Gasteiger partial charge in [0, 0.05) is 26.7 Å². The Kier molecular flexibility index (Phi) is 8.30. The molecule has 0 saturated carbocycles. The minimum atomic E-state index is -0.758. The van der Waals surface area contributed by atoms with Gasteiger partial charge in [0.15, 0.2) is 0 Å². The van der Waals surface area contributed by atoms with Crippen LogP contribution in [-0.4, -0.2) is 73.1 Å². The number of piperazine rings is 1. The first-order chi connectivity index (χ1) is 17.4. The fraction of sp³-hybridized carbons (Fsp3) is 0.357. The van der Waals surface area contributed by atoms with Crippen molar-refractivity contribution in [2.75, 3.05) is 33.4 Å². The number of carbonyl (C=O) groups excluding carboxylic acids is 2. The number of hydrogen-bond donors (Lipinski definition) is 2. The van der Waals surface area contributed by atoms with Crippen molar-refractivity contribution < 1.29 is 18.7 Å². The Balaban J connectivity index is 1.45. The highest BCUT2D eigenvalue weighted by Crippen LogP contribution is 2.21. The zero-order valence-electron chi connectivity index (χ0n) is 20.5. The number of methoxy groups -OCH3 is 1. The molecule has 2 amide bonds. The molecule has 1 aliphatic rings. The van der Waals surface area contributed by atoms with Crippen LogP contribution >= 0.6 is 0 Å². The van der Waals surface area contributed by atoms with E-state index in [1.165, 1.54) is 12.1 Å². The third-order valence-corrected chi connectivity index (χ3v) is 6.85. The maximum absolute atomic E-state index is 13.2. The molecular formula is C28H33FN4O3. The van der Waals surface area contributed by atoms with Crippen molar-refractivity contribution in [3.63, 3.8) is 0 Å². The first-order valence-electron chi connectivity index (χ1n) is 12.2. The smallest absolute Gasteiger partial charge is 0.240 e. The zero-order chi connectivity index (χ0) is 25.7. The second-order valence-electron chi connectivity index (χ2n) is 9.38. The van der Waals surface area contributed by atoms with E-state index in [1.807, 2.05) is 29.2 Å². The molecule has 3 aromatic carbocycles. The van der Waals surface area contributed by atoms with E-state index in [0.29, 0.717) is 39.1 Å². The molecule has 8 heteroatoms. The predicted octanol–water partition coefficient (Wildman–Crippen LogP) is 2.10. The summed E-state index contributed by atoms with van der Waals surface area (Å²) in [7, 11) is 1.58. The van der Waals surface area contributed by atoms with Crippen LogP contribution in [0.3, 0.4) is 0 Å². The van der Waals surface area contributed by atoms with Gasteiger partial charge < -0.3 is 21.1 Å². The third kappa shape index (κ3) is 6.07. The summed E-state index contributed by atoms with van der Waals surface area (Å²) in [6.07, 6.45) is 0.794. The second-order valence-corrected chi connectivity index (χ2v) is 9.38. The van der Waals surface area contributed by atoms with Gasteiger partial charge in [0.1, 0.15) is 5.82 Å². The maximum Gasteiger partial charge on any atom is 0.240 e. The van der Waals surface area contributed by atoms with E-state index in [1.54, 1.807) is 24.1 Å². The summed E-state index contributed by atoms with van der Waals surface area (Å²) < 4.78 is 18.6. The average molecular weight is 493 g/mol. The Labute approximate surface area is 210 Å². The first kappa shape index (κ1) is 25.8. The molecule has 4 rings (SSSR count). The van der Waals surface area contributed by atoms with E-state index in [4.69, 9.17) is 16.2 Å². The second kappa shape index (κ2) is 11.6. The van der Waals surface area contributed by atoms with Gasteiger partial charge in [-0.1, -0.05) is 54.6 Å². The molecular weight excluding hydrogens is 459 g/mol. The summed E-state index contributed by atoms with van der Waals surface area (Å²) in [6.45, 7) is 1.67. The summed E-state index contributed by atoms with van der Waals surface area (Å²) in [5.74, 6) is -0.916. The summed E-state index contributed by atoms with van der Waals surface area (Å²) in [6, 6.07) is 18.7. The van der Waals surface area contributed by atoms with Crippen molar-refractivity contribution in [2.24, 2.45) is 11.5 Å². The normalized spacial score (nSPS) is 18.2. The molecule has 0 radical (unpaired) electrons. The SMILES string of the molecule is COC[C@H]1CN([C@@H](Cc2ccc3ccccc3c2)C(N)=O)CCN1C(=O)[C@H](N)Cc1ccc(F)cc1. The van der Waals surface area contributed by atoms with Crippen molar-refractivity contribution in [1.82, 2.24) is 9.80 Å². The van der Waals surface area contributed by atoms with Gasteiger partial charge >= 0.3 is 0 Å². The fourth-order valence-corrected chi connectivity index (χ4v) is 4.96. The number of ether oxygens (including phenoxy) is 1. The van der Waals surface area contributed by atoms with Crippen LogP contribution in [0.1, 0.15) is 11.1 Å². The van der Waals surface area contributed by atoms with Crippen molar-refractivity contribution in [2.45, 2.75) is 31.0 Å². The highest BCUT2D eigenvalue weighted by molar-refractivity contribution is 5.84. The number of nitrogens with two attached hydrogens (primary N) is 2. The Morgan fingerprint density at radius 1 is 1.00 bits per heavy atom. The molecule has 1 aliphatic heterocycles. The number of carbonyl (C=O) groups is 2. The largest absolute Gasteiger partial charge is 0.382 e. The fourth-order valence-electron chi connectivity index (χ4n) is 4.96. The van der Waals surface area contributed by atoms with Gasteiger partial charge in [-0.25, -0.2) is 4.39 Å². The number of hydrogen-bond acceptors (Lipinski definition) is 5. The summed E-state index contributed by atoms with van der Waals surface area (Å²) >= 11 is 0. The van der Waals surface area contributed by atoms with E-state index in [-0.39, 0.29) is 17.8 Å². The van der Waals surface area contributed by atoms with E-state index in [9.17, 15) is 14.0 Å².